The monoisotopic (exact) mass is 397 g/mol. The Kier molecular flexibility index (Phi) is 3.56. The van der Waals surface area contributed by atoms with Gasteiger partial charge >= 0.3 is 0 Å². The third-order valence-corrected chi connectivity index (χ3v) is 4.16. The molecule has 3 aromatic rings. The van der Waals surface area contributed by atoms with Crippen LogP contribution in [0.25, 0.3) is 22.4 Å². The molecule has 0 saturated carbocycles. The van der Waals surface area contributed by atoms with E-state index in [0.717, 1.165) is 16.8 Å². The first-order valence-electron chi connectivity index (χ1n) is 6.37. The Bertz CT molecular complexity index is 845. The van der Waals surface area contributed by atoms with Crippen molar-refractivity contribution in [3.05, 3.63) is 39.0 Å². The van der Waals surface area contributed by atoms with Crippen molar-refractivity contribution < 1.29 is 9.13 Å². The molecule has 0 aliphatic carbocycles. The summed E-state index contributed by atoms with van der Waals surface area (Å²) < 4.78 is 20.4. The lowest BCUT2D eigenvalue weighted by Crippen LogP contribution is -1.99. The first kappa shape index (κ1) is 14.2. The standard InChI is InChI=1S/C15H13FIN3O/c1-7-6-10-8(2)19-14(20-15(10)18-7)9-4-5-11(17)13(21-3)12(9)16/h4-6H,1-3H3,(H,18,19,20). The van der Waals surface area contributed by atoms with Crippen LogP contribution in [-0.2, 0) is 0 Å². The molecule has 0 atom stereocenters. The second kappa shape index (κ2) is 5.25. The van der Waals surface area contributed by atoms with Gasteiger partial charge in [-0.15, -0.1) is 0 Å². The van der Waals surface area contributed by atoms with Crippen LogP contribution in [0.15, 0.2) is 18.2 Å². The second-order valence-electron chi connectivity index (χ2n) is 4.79. The van der Waals surface area contributed by atoms with E-state index in [2.05, 4.69) is 15.0 Å². The van der Waals surface area contributed by atoms with Crippen molar-refractivity contribution in [2.75, 3.05) is 7.11 Å². The first-order valence-corrected chi connectivity index (χ1v) is 7.45. The number of aryl methyl sites for hydroxylation is 2. The van der Waals surface area contributed by atoms with Gasteiger partial charge in [0.05, 0.1) is 21.9 Å². The van der Waals surface area contributed by atoms with Gasteiger partial charge in [-0.3, -0.25) is 0 Å². The number of aromatic amines is 1. The highest BCUT2D eigenvalue weighted by molar-refractivity contribution is 14.1. The van der Waals surface area contributed by atoms with Crippen LogP contribution in [0.3, 0.4) is 0 Å². The number of hydrogen-bond donors (Lipinski definition) is 1. The van der Waals surface area contributed by atoms with E-state index < -0.39 is 5.82 Å². The zero-order valence-electron chi connectivity index (χ0n) is 11.8. The number of benzene rings is 1. The molecule has 0 saturated heterocycles. The number of rotatable bonds is 2. The summed E-state index contributed by atoms with van der Waals surface area (Å²) in [7, 11) is 1.45. The molecular formula is C15H13FIN3O. The van der Waals surface area contributed by atoms with Gasteiger partial charge in [0.2, 0.25) is 0 Å². The number of H-pyrrole nitrogens is 1. The number of hydrogen-bond acceptors (Lipinski definition) is 3. The van der Waals surface area contributed by atoms with E-state index in [1.165, 1.54) is 7.11 Å². The predicted molar refractivity (Wildman–Crippen MR) is 88.0 cm³/mol. The molecule has 6 heteroatoms. The van der Waals surface area contributed by atoms with Crippen LogP contribution >= 0.6 is 22.6 Å². The Morgan fingerprint density at radius 3 is 2.71 bits per heavy atom. The van der Waals surface area contributed by atoms with Gasteiger partial charge in [-0.05, 0) is 54.6 Å². The highest BCUT2D eigenvalue weighted by atomic mass is 127. The van der Waals surface area contributed by atoms with E-state index in [4.69, 9.17) is 4.74 Å². The third kappa shape index (κ3) is 2.37. The molecule has 0 amide bonds. The minimum atomic E-state index is -0.438. The highest BCUT2D eigenvalue weighted by Crippen LogP contribution is 2.32. The fourth-order valence-corrected chi connectivity index (χ4v) is 2.94. The van der Waals surface area contributed by atoms with Gasteiger partial charge in [0.1, 0.15) is 5.65 Å². The molecule has 0 bridgehead atoms. The van der Waals surface area contributed by atoms with Gasteiger partial charge in [-0.1, -0.05) is 0 Å². The van der Waals surface area contributed by atoms with E-state index in [1.807, 2.05) is 42.5 Å². The summed E-state index contributed by atoms with van der Waals surface area (Å²) in [6, 6.07) is 5.45. The van der Waals surface area contributed by atoms with Crippen molar-refractivity contribution >= 4 is 33.6 Å². The normalized spacial score (nSPS) is 11.1. The van der Waals surface area contributed by atoms with Crippen LogP contribution in [0.2, 0.25) is 0 Å². The molecule has 0 aliphatic rings. The Morgan fingerprint density at radius 1 is 1.24 bits per heavy atom. The molecule has 108 valence electrons. The van der Waals surface area contributed by atoms with Gasteiger partial charge in [-0.2, -0.15) is 0 Å². The SMILES string of the molecule is COc1c(I)ccc(-c2nc(C)c3cc(C)[nH]c3n2)c1F. The average Bonchev–Trinajstić information content (AvgIpc) is 2.80. The van der Waals surface area contributed by atoms with Gasteiger partial charge in [-0.25, -0.2) is 14.4 Å². The highest BCUT2D eigenvalue weighted by Gasteiger charge is 2.17. The molecule has 2 heterocycles. The zero-order chi connectivity index (χ0) is 15.1. The molecule has 0 unspecified atom stereocenters. The molecule has 21 heavy (non-hydrogen) atoms. The van der Waals surface area contributed by atoms with Crippen molar-refractivity contribution in [2.24, 2.45) is 0 Å². The van der Waals surface area contributed by atoms with Crippen molar-refractivity contribution in [3.63, 3.8) is 0 Å². The van der Waals surface area contributed by atoms with Crippen LogP contribution in [0.1, 0.15) is 11.4 Å². The molecule has 3 rings (SSSR count). The molecule has 0 radical (unpaired) electrons. The average molecular weight is 397 g/mol. The molecule has 4 nitrogen and oxygen atoms in total. The number of nitrogens with one attached hydrogen (secondary N) is 1. The summed E-state index contributed by atoms with van der Waals surface area (Å²) >= 11 is 2.03. The third-order valence-electron chi connectivity index (χ3n) is 3.31. The molecule has 2 aromatic heterocycles. The van der Waals surface area contributed by atoms with Crippen LogP contribution in [-0.4, -0.2) is 22.1 Å². The van der Waals surface area contributed by atoms with E-state index in [-0.39, 0.29) is 5.75 Å². The predicted octanol–water partition coefficient (Wildman–Crippen LogP) is 3.99. The van der Waals surface area contributed by atoms with Crippen LogP contribution in [0.4, 0.5) is 4.39 Å². The minimum Gasteiger partial charge on any atom is -0.493 e. The van der Waals surface area contributed by atoms with Crippen molar-refractivity contribution in [3.8, 4) is 17.1 Å². The Hall–Kier alpha value is -1.70. The van der Waals surface area contributed by atoms with Gasteiger partial charge in [0.25, 0.3) is 0 Å². The van der Waals surface area contributed by atoms with Crippen LogP contribution in [0, 0.1) is 23.2 Å². The topological polar surface area (TPSA) is 50.8 Å². The summed E-state index contributed by atoms with van der Waals surface area (Å²) in [6.07, 6.45) is 0. The maximum atomic E-state index is 14.5. The van der Waals surface area contributed by atoms with Gasteiger partial charge < -0.3 is 9.72 Å². The molecule has 0 fully saturated rings. The molecular weight excluding hydrogens is 384 g/mol. The molecule has 1 aromatic carbocycles. The van der Waals surface area contributed by atoms with Crippen LogP contribution < -0.4 is 4.74 Å². The van der Waals surface area contributed by atoms with Crippen LogP contribution in [0.5, 0.6) is 5.75 Å². The largest absolute Gasteiger partial charge is 0.493 e. The number of aromatic nitrogens is 3. The van der Waals surface area contributed by atoms with E-state index >= 15 is 0 Å². The molecule has 1 N–H and O–H groups in total. The fourth-order valence-electron chi connectivity index (χ4n) is 2.30. The number of ether oxygens (including phenoxy) is 1. The molecule has 0 spiro atoms. The zero-order valence-corrected chi connectivity index (χ0v) is 13.9. The molecule has 0 aliphatic heterocycles. The quantitative estimate of drug-likeness (QED) is 0.666. The van der Waals surface area contributed by atoms with Crippen molar-refractivity contribution in [1.82, 2.24) is 15.0 Å². The summed E-state index contributed by atoms with van der Waals surface area (Å²) in [6.45, 7) is 3.85. The van der Waals surface area contributed by atoms with E-state index in [9.17, 15) is 4.39 Å². The summed E-state index contributed by atoms with van der Waals surface area (Å²) in [5, 5.41) is 0.953. The first-order chi connectivity index (χ1) is 10.0. The number of halogens is 2. The van der Waals surface area contributed by atoms with Crippen molar-refractivity contribution in [2.45, 2.75) is 13.8 Å². The number of fused-ring (bicyclic) bond motifs is 1. The summed E-state index contributed by atoms with van der Waals surface area (Å²) in [5.41, 5.74) is 2.87. The van der Waals surface area contributed by atoms with E-state index in [0.29, 0.717) is 20.6 Å². The second-order valence-corrected chi connectivity index (χ2v) is 5.95. The van der Waals surface area contributed by atoms with Gasteiger partial charge in [0.15, 0.2) is 17.4 Å². The Labute approximate surface area is 134 Å². The lowest BCUT2D eigenvalue weighted by molar-refractivity contribution is 0.384. The smallest absolute Gasteiger partial charge is 0.177 e. The lowest BCUT2D eigenvalue weighted by Gasteiger charge is -2.09. The number of nitrogens with zero attached hydrogens (tertiary/aromatic N) is 2. The maximum Gasteiger partial charge on any atom is 0.177 e. The Balaban J connectivity index is 2.25. The number of methoxy groups -OCH3 is 1. The van der Waals surface area contributed by atoms with E-state index in [1.54, 1.807) is 12.1 Å². The minimum absolute atomic E-state index is 0.220. The summed E-state index contributed by atoms with van der Waals surface area (Å²) in [5.74, 6) is 0.137. The maximum absolute atomic E-state index is 14.5. The van der Waals surface area contributed by atoms with Crippen molar-refractivity contribution in [1.29, 1.82) is 0 Å². The Morgan fingerprint density at radius 2 is 2.00 bits per heavy atom. The summed E-state index contributed by atoms with van der Waals surface area (Å²) in [4.78, 5) is 12.0. The lowest BCUT2D eigenvalue weighted by atomic mass is 10.1. The van der Waals surface area contributed by atoms with Gasteiger partial charge in [0, 0.05) is 11.1 Å². The fraction of sp³-hybridized carbons (Fsp3) is 0.200.